The topological polar surface area (TPSA) is 66.0 Å². The number of pyridine rings is 1. The Hall–Kier alpha value is -2.30. The highest BCUT2D eigenvalue weighted by atomic mass is 16.6. The zero-order valence-electron chi connectivity index (χ0n) is 11.2. The van der Waals surface area contributed by atoms with Crippen molar-refractivity contribution < 1.29 is 4.84 Å². The second-order valence-corrected chi connectivity index (χ2v) is 4.81. The van der Waals surface area contributed by atoms with Gasteiger partial charge in [0, 0.05) is 11.3 Å². The van der Waals surface area contributed by atoms with Crippen molar-refractivity contribution in [1.29, 1.82) is 0 Å². The van der Waals surface area contributed by atoms with Gasteiger partial charge in [-0.05, 0) is 6.07 Å². The number of para-hydroxylation sites is 1. The van der Waals surface area contributed by atoms with Gasteiger partial charge in [-0.1, -0.05) is 32.0 Å². The molecule has 0 unspecified atom stereocenters. The third-order valence-corrected chi connectivity index (χ3v) is 3.20. The molecule has 0 aliphatic rings. The van der Waals surface area contributed by atoms with Gasteiger partial charge in [-0.25, -0.2) is 9.97 Å². The van der Waals surface area contributed by atoms with E-state index in [9.17, 15) is 0 Å². The molecule has 2 heterocycles. The molecular formula is C14H16N4O. The van der Waals surface area contributed by atoms with E-state index < -0.39 is 0 Å². The molecule has 2 N–H and O–H groups in total. The number of anilines is 1. The van der Waals surface area contributed by atoms with Crippen molar-refractivity contribution in [1.82, 2.24) is 14.7 Å². The minimum absolute atomic E-state index is 0.241. The fourth-order valence-corrected chi connectivity index (χ4v) is 2.34. The molecule has 0 aliphatic carbocycles. The van der Waals surface area contributed by atoms with Crippen LogP contribution in [-0.4, -0.2) is 21.8 Å². The molecule has 3 aromatic rings. The van der Waals surface area contributed by atoms with Gasteiger partial charge in [-0.2, -0.15) is 4.73 Å². The SMILES string of the molecule is COn1c(C(C)C)nc2c(N)nc3ccccc3c21. The molecule has 0 atom stereocenters. The summed E-state index contributed by atoms with van der Waals surface area (Å²) in [6.45, 7) is 4.14. The molecule has 0 saturated carbocycles. The zero-order valence-corrected chi connectivity index (χ0v) is 11.2. The number of nitrogens with two attached hydrogens (primary N) is 1. The van der Waals surface area contributed by atoms with Crippen LogP contribution in [-0.2, 0) is 0 Å². The van der Waals surface area contributed by atoms with Gasteiger partial charge in [0.25, 0.3) is 0 Å². The molecule has 5 heteroatoms. The first kappa shape index (κ1) is 11.8. The Morgan fingerprint density at radius 2 is 1.95 bits per heavy atom. The first-order valence-corrected chi connectivity index (χ1v) is 6.24. The predicted octanol–water partition coefficient (Wildman–Crippen LogP) is 2.35. The lowest BCUT2D eigenvalue weighted by Gasteiger charge is -2.09. The summed E-state index contributed by atoms with van der Waals surface area (Å²) in [5.74, 6) is 1.53. The maximum absolute atomic E-state index is 6.02. The lowest BCUT2D eigenvalue weighted by atomic mass is 10.2. The van der Waals surface area contributed by atoms with Crippen molar-refractivity contribution in [3.8, 4) is 0 Å². The third-order valence-electron chi connectivity index (χ3n) is 3.20. The van der Waals surface area contributed by atoms with Crippen LogP contribution < -0.4 is 10.6 Å². The average Bonchev–Trinajstić information content (AvgIpc) is 2.79. The van der Waals surface area contributed by atoms with Gasteiger partial charge in [-0.3, -0.25) is 0 Å². The molecule has 98 valence electrons. The van der Waals surface area contributed by atoms with Crippen LogP contribution in [0.4, 0.5) is 5.82 Å². The van der Waals surface area contributed by atoms with E-state index in [1.54, 1.807) is 11.8 Å². The highest BCUT2D eigenvalue weighted by molar-refractivity contribution is 6.06. The maximum atomic E-state index is 6.02. The highest BCUT2D eigenvalue weighted by Gasteiger charge is 2.19. The van der Waals surface area contributed by atoms with Gasteiger partial charge in [-0.15, -0.1) is 0 Å². The molecule has 0 spiro atoms. The van der Waals surface area contributed by atoms with E-state index in [0.29, 0.717) is 11.3 Å². The summed E-state index contributed by atoms with van der Waals surface area (Å²) < 4.78 is 1.75. The van der Waals surface area contributed by atoms with E-state index >= 15 is 0 Å². The van der Waals surface area contributed by atoms with Gasteiger partial charge in [0.1, 0.15) is 24.0 Å². The minimum atomic E-state index is 0.241. The maximum Gasteiger partial charge on any atom is 0.152 e. The Morgan fingerprint density at radius 3 is 2.63 bits per heavy atom. The summed E-state index contributed by atoms with van der Waals surface area (Å²) >= 11 is 0. The van der Waals surface area contributed by atoms with Crippen LogP contribution in [0.5, 0.6) is 0 Å². The first-order chi connectivity index (χ1) is 9.13. The second-order valence-electron chi connectivity index (χ2n) is 4.81. The number of aromatic nitrogens is 3. The molecule has 1 aromatic carbocycles. The monoisotopic (exact) mass is 256 g/mol. The van der Waals surface area contributed by atoms with E-state index in [2.05, 4.69) is 23.8 Å². The lowest BCUT2D eigenvalue weighted by Crippen LogP contribution is -2.11. The second kappa shape index (κ2) is 4.12. The normalized spacial score (nSPS) is 11.6. The summed E-state index contributed by atoms with van der Waals surface area (Å²) in [6, 6.07) is 7.86. The standard InChI is InChI=1S/C14H16N4O/c1-8(2)14-17-11-12(18(14)19-3)9-6-4-5-7-10(9)16-13(11)15/h4-8H,1-3H3,(H2,15,16). The molecule has 0 amide bonds. The number of imidazole rings is 1. The van der Waals surface area contributed by atoms with Gasteiger partial charge < -0.3 is 10.6 Å². The smallest absolute Gasteiger partial charge is 0.152 e. The van der Waals surface area contributed by atoms with Crippen LogP contribution in [0.25, 0.3) is 21.9 Å². The number of rotatable bonds is 2. The van der Waals surface area contributed by atoms with E-state index in [-0.39, 0.29) is 5.92 Å². The van der Waals surface area contributed by atoms with Crippen molar-refractivity contribution in [3.63, 3.8) is 0 Å². The van der Waals surface area contributed by atoms with Crippen LogP contribution in [0, 0.1) is 0 Å². The van der Waals surface area contributed by atoms with Crippen LogP contribution in [0.1, 0.15) is 25.6 Å². The van der Waals surface area contributed by atoms with E-state index in [1.165, 1.54) is 0 Å². The quantitative estimate of drug-likeness (QED) is 0.764. The molecule has 0 saturated heterocycles. The van der Waals surface area contributed by atoms with Crippen molar-refractivity contribution in [2.45, 2.75) is 19.8 Å². The molecule has 19 heavy (non-hydrogen) atoms. The Labute approximate surface area is 111 Å². The lowest BCUT2D eigenvalue weighted by molar-refractivity contribution is 0.166. The van der Waals surface area contributed by atoms with Crippen molar-refractivity contribution in [2.75, 3.05) is 12.8 Å². The summed E-state index contributed by atoms with van der Waals surface area (Å²) in [7, 11) is 1.64. The Balaban J connectivity index is 2.54. The fourth-order valence-electron chi connectivity index (χ4n) is 2.34. The number of hydrogen-bond donors (Lipinski definition) is 1. The zero-order chi connectivity index (χ0) is 13.6. The minimum Gasteiger partial charge on any atom is -0.415 e. The van der Waals surface area contributed by atoms with Crippen LogP contribution >= 0.6 is 0 Å². The Kier molecular flexibility index (Phi) is 2.55. The molecular weight excluding hydrogens is 240 g/mol. The largest absolute Gasteiger partial charge is 0.415 e. The summed E-state index contributed by atoms with van der Waals surface area (Å²) in [5, 5.41) is 0.993. The molecule has 5 nitrogen and oxygen atoms in total. The van der Waals surface area contributed by atoms with Gasteiger partial charge in [0.05, 0.1) is 5.52 Å². The molecule has 0 fully saturated rings. The van der Waals surface area contributed by atoms with Gasteiger partial charge in [0.2, 0.25) is 0 Å². The predicted molar refractivity (Wildman–Crippen MR) is 76.0 cm³/mol. The molecule has 0 bridgehead atoms. The van der Waals surface area contributed by atoms with Gasteiger partial charge >= 0.3 is 0 Å². The number of nitrogen functional groups attached to an aromatic ring is 1. The van der Waals surface area contributed by atoms with E-state index in [1.807, 2.05) is 24.3 Å². The Morgan fingerprint density at radius 1 is 1.21 bits per heavy atom. The van der Waals surface area contributed by atoms with Crippen LogP contribution in [0.15, 0.2) is 24.3 Å². The van der Waals surface area contributed by atoms with Crippen LogP contribution in [0.2, 0.25) is 0 Å². The summed E-state index contributed by atoms with van der Waals surface area (Å²) in [4.78, 5) is 14.5. The van der Waals surface area contributed by atoms with Gasteiger partial charge in [0.15, 0.2) is 5.82 Å². The number of hydrogen-bond acceptors (Lipinski definition) is 4. The highest BCUT2D eigenvalue weighted by Crippen LogP contribution is 2.29. The Bertz CT molecular complexity index is 761. The summed E-state index contributed by atoms with van der Waals surface area (Å²) in [5.41, 5.74) is 8.45. The third kappa shape index (κ3) is 1.62. The van der Waals surface area contributed by atoms with E-state index in [4.69, 9.17) is 10.6 Å². The fraction of sp³-hybridized carbons (Fsp3) is 0.286. The number of benzene rings is 1. The molecule has 0 radical (unpaired) electrons. The summed E-state index contributed by atoms with van der Waals surface area (Å²) in [6.07, 6.45) is 0. The number of fused-ring (bicyclic) bond motifs is 3. The molecule has 2 aromatic heterocycles. The van der Waals surface area contributed by atoms with Crippen molar-refractivity contribution >= 4 is 27.8 Å². The van der Waals surface area contributed by atoms with E-state index in [0.717, 1.165) is 22.2 Å². The average molecular weight is 256 g/mol. The van der Waals surface area contributed by atoms with Crippen LogP contribution in [0.3, 0.4) is 0 Å². The number of nitrogens with zero attached hydrogens (tertiary/aromatic N) is 3. The molecule has 0 aliphatic heterocycles. The van der Waals surface area contributed by atoms with Crippen molar-refractivity contribution in [2.24, 2.45) is 0 Å². The molecule has 3 rings (SSSR count). The first-order valence-electron chi connectivity index (χ1n) is 6.24. The van der Waals surface area contributed by atoms with Crippen molar-refractivity contribution in [3.05, 3.63) is 30.1 Å².